The highest BCUT2D eigenvalue weighted by Gasteiger charge is 2.30. The zero-order chi connectivity index (χ0) is 23.5. The molecular weight excluding hydrogens is 430 g/mol. The van der Waals surface area contributed by atoms with Crippen molar-refractivity contribution in [2.45, 2.75) is 19.1 Å². The molecule has 34 heavy (non-hydrogen) atoms. The summed E-state index contributed by atoms with van der Waals surface area (Å²) in [6, 6.07) is 23.4. The van der Waals surface area contributed by atoms with Crippen LogP contribution in [0.1, 0.15) is 22.9 Å². The molecule has 0 aliphatic carbocycles. The van der Waals surface area contributed by atoms with Gasteiger partial charge in [-0.2, -0.15) is 0 Å². The first-order valence-corrected chi connectivity index (χ1v) is 11.3. The fourth-order valence-corrected chi connectivity index (χ4v) is 4.35. The Morgan fingerprint density at radius 2 is 1.79 bits per heavy atom. The van der Waals surface area contributed by atoms with Gasteiger partial charge in [-0.05, 0) is 54.4 Å². The molecule has 174 valence electrons. The molecule has 6 heteroatoms. The third kappa shape index (κ3) is 4.50. The molecule has 1 N–H and O–H groups in total. The van der Waals surface area contributed by atoms with E-state index in [0.717, 1.165) is 27.7 Å². The first-order valence-electron chi connectivity index (χ1n) is 11.3. The Labute approximate surface area is 198 Å². The summed E-state index contributed by atoms with van der Waals surface area (Å²) in [7, 11) is 3.23. The third-order valence-electron chi connectivity index (χ3n) is 6.19. The average molecular weight is 458 g/mol. The zero-order valence-corrected chi connectivity index (χ0v) is 19.2. The fraction of sp³-hybridized carbons (Fsp3) is 0.250. The molecule has 2 heterocycles. The van der Waals surface area contributed by atoms with Gasteiger partial charge in [0.2, 0.25) is 0 Å². The van der Waals surface area contributed by atoms with Gasteiger partial charge in [0.05, 0.1) is 38.1 Å². The number of hydrogen-bond acceptors (Lipinski definition) is 6. The third-order valence-corrected chi connectivity index (χ3v) is 6.19. The van der Waals surface area contributed by atoms with Gasteiger partial charge < -0.3 is 24.1 Å². The lowest BCUT2D eigenvalue weighted by molar-refractivity contribution is 0.0504. The predicted octanol–water partition coefficient (Wildman–Crippen LogP) is 5.12. The van der Waals surface area contributed by atoms with E-state index in [-0.39, 0.29) is 5.92 Å². The van der Waals surface area contributed by atoms with Gasteiger partial charge in [0.15, 0.2) is 11.5 Å². The van der Waals surface area contributed by atoms with Crippen LogP contribution in [0.3, 0.4) is 0 Å². The van der Waals surface area contributed by atoms with E-state index in [4.69, 9.17) is 18.9 Å². The van der Waals surface area contributed by atoms with Gasteiger partial charge in [-0.15, -0.1) is 0 Å². The molecule has 1 aliphatic rings. The van der Waals surface area contributed by atoms with E-state index in [9.17, 15) is 5.11 Å². The monoisotopic (exact) mass is 457 g/mol. The van der Waals surface area contributed by atoms with Crippen LogP contribution in [-0.4, -0.2) is 30.9 Å². The molecule has 0 radical (unpaired) electrons. The van der Waals surface area contributed by atoms with Crippen molar-refractivity contribution in [1.82, 2.24) is 4.98 Å². The quantitative estimate of drug-likeness (QED) is 0.416. The van der Waals surface area contributed by atoms with E-state index >= 15 is 0 Å². The molecule has 0 unspecified atom stereocenters. The average Bonchev–Trinajstić information content (AvgIpc) is 2.89. The van der Waals surface area contributed by atoms with Crippen molar-refractivity contribution in [3.63, 3.8) is 0 Å². The summed E-state index contributed by atoms with van der Waals surface area (Å²) in [5, 5.41) is 12.2. The van der Waals surface area contributed by atoms with Gasteiger partial charge in [-0.1, -0.05) is 30.3 Å². The molecule has 2 atom stereocenters. The van der Waals surface area contributed by atoms with E-state index in [1.54, 1.807) is 14.2 Å². The maximum Gasteiger partial charge on any atom is 0.160 e. The highest BCUT2D eigenvalue weighted by molar-refractivity contribution is 5.78. The summed E-state index contributed by atoms with van der Waals surface area (Å²) in [5.74, 6) is 2.61. The molecule has 1 aliphatic heterocycles. The van der Waals surface area contributed by atoms with Crippen molar-refractivity contribution in [2.75, 3.05) is 20.8 Å². The zero-order valence-electron chi connectivity index (χ0n) is 19.2. The van der Waals surface area contributed by atoms with Crippen molar-refractivity contribution in [1.29, 1.82) is 0 Å². The summed E-state index contributed by atoms with van der Waals surface area (Å²) >= 11 is 0. The molecule has 0 amide bonds. The topological polar surface area (TPSA) is 70.0 Å². The summed E-state index contributed by atoms with van der Waals surface area (Å²) < 4.78 is 22.7. The lowest BCUT2D eigenvalue weighted by atomic mass is 9.88. The van der Waals surface area contributed by atoms with Gasteiger partial charge in [-0.25, -0.2) is 4.98 Å². The second kappa shape index (κ2) is 9.61. The minimum Gasteiger partial charge on any atom is -0.493 e. The normalized spacial score (nSPS) is 17.0. The number of aliphatic hydroxyl groups is 1. The molecule has 0 saturated carbocycles. The maximum absolute atomic E-state index is 11.1. The molecular formula is C28H27NO5. The van der Waals surface area contributed by atoms with Crippen LogP contribution in [0.25, 0.3) is 10.9 Å². The van der Waals surface area contributed by atoms with E-state index in [0.29, 0.717) is 42.6 Å². The van der Waals surface area contributed by atoms with Crippen LogP contribution in [0.2, 0.25) is 0 Å². The van der Waals surface area contributed by atoms with Crippen molar-refractivity contribution in [2.24, 2.45) is 5.92 Å². The Hall–Kier alpha value is -3.77. The molecule has 1 aromatic heterocycles. The van der Waals surface area contributed by atoms with Gasteiger partial charge in [0.1, 0.15) is 18.1 Å². The van der Waals surface area contributed by atoms with Crippen molar-refractivity contribution < 1.29 is 24.1 Å². The predicted molar refractivity (Wildman–Crippen MR) is 130 cm³/mol. The van der Waals surface area contributed by atoms with Crippen LogP contribution in [-0.2, 0) is 13.0 Å². The van der Waals surface area contributed by atoms with E-state index < -0.39 is 6.10 Å². The number of methoxy groups -OCH3 is 2. The van der Waals surface area contributed by atoms with Crippen LogP contribution < -0.4 is 18.9 Å². The molecule has 0 spiro atoms. The minimum absolute atomic E-state index is 0.0944. The summed E-state index contributed by atoms with van der Waals surface area (Å²) in [5.41, 5.74) is 3.57. The number of hydrogen-bond donors (Lipinski definition) is 1. The molecule has 3 aromatic carbocycles. The molecule has 5 rings (SSSR count). The van der Waals surface area contributed by atoms with Crippen molar-refractivity contribution >= 4 is 10.9 Å². The fourth-order valence-electron chi connectivity index (χ4n) is 4.35. The second-order valence-electron chi connectivity index (χ2n) is 8.39. The van der Waals surface area contributed by atoms with Crippen LogP contribution in [0.4, 0.5) is 0 Å². The number of benzene rings is 3. The van der Waals surface area contributed by atoms with E-state index in [1.807, 2.05) is 72.8 Å². The standard InChI is InChI=1S/C28H27NO5/c1-31-26-11-7-18(14-27(26)32-2)13-20-16-34-25-12-10-22(15-23(25)28(20)30)33-17-21-9-8-19-5-3-4-6-24(19)29-21/h3-12,14-15,20,28,30H,13,16-17H2,1-2H3/t20-,28+/m0/s1. The number of para-hydroxylation sites is 1. The summed E-state index contributed by atoms with van der Waals surface area (Å²) in [6.45, 7) is 0.777. The molecule has 6 nitrogen and oxygen atoms in total. The lowest BCUT2D eigenvalue weighted by Gasteiger charge is -2.31. The van der Waals surface area contributed by atoms with Crippen molar-refractivity contribution in [3.05, 3.63) is 89.6 Å². The number of ether oxygens (including phenoxy) is 4. The van der Waals surface area contributed by atoms with Gasteiger partial charge in [0, 0.05) is 16.9 Å². The van der Waals surface area contributed by atoms with E-state index in [2.05, 4.69) is 4.98 Å². The highest BCUT2D eigenvalue weighted by Crippen LogP contribution is 2.39. The smallest absolute Gasteiger partial charge is 0.160 e. The Morgan fingerprint density at radius 1 is 0.941 bits per heavy atom. The molecule has 0 saturated heterocycles. The van der Waals surface area contributed by atoms with Gasteiger partial charge in [0.25, 0.3) is 0 Å². The molecule has 0 bridgehead atoms. The maximum atomic E-state index is 11.1. The van der Waals surface area contributed by atoms with Crippen LogP contribution in [0.5, 0.6) is 23.0 Å². The summed E-state index contributed by atoms with van der Waals surface area (Å²) in [4.78, 5) is 4.66. The number of aromatic nitrogens is 1. The van der Waals surface area contributed by atoms with Crippen molar-refractivity contribution in [3.8, 4) is 23.0 Å². The Bertz CT molecular complexity index is 1310. The molecule has 0 fully saturated rings. The minimum atomic E-state index is -0.667. The lowest BCUT2D eigenvalue weighted by Crippen LogP contribution is -2.27. The van der Waals surface area contributed by atoms with E-state index in [1.165, 1.54) is 0 Å². The highest BCUT2D eigenvalue weighted by atomic mass is 16.5. The number of aliphatic hydroxyl groups excluding tert-OH is 1. The first kappa shape index (κ1) is 22.0. The largest absolute Gasteiger partial charge is 0.493 e. The van der Waals surface area contributed by atoms with Crippen LogP contribution >= 0.6 is 0 Å². The Balaban J connectivity index is 1.29. The van der Waals surface area contributed by atoms with Gasteiger partial charge >= 0.3 is 0 Å². The SMILES string of the molecule is COc1ccc(C[C@H]2COc3ccc(OCc4ccc5ccccc5n4)cc3[C@@H]2O)cc1OC. The molecule has 4 aromatic rings. The van der Waals surface area contributed by atoms with Gasteiger partial charge in [-0.3, -0.25) is 0 Å². The summed E-state index contributed by atoms with van der Waals surface area (Å²) in [6.07, 6.45) is -0.0215. The number of rotatable bonds is 7. The number of pyridine rings is 1. The van der Waals surface area contributed by atoms with Crippen LogP contribution in [0, 0.1) is 5.92 Å². The van der Waals surface area contributed by atoms with Crippen LogP contribution in [0.15, 0.2) is 72.8 Å². The second-order valence-corrected chi connectivity index (χ2v) is 8.39. The number of nitrogens with zero attached hydrogens (tertiary/aromatic N) is 1. The Kier molecular flexibility index (Phi) is 6.23. The number of fused-ring (bicyclic) bond motifs is 2. The first-order chi connectivity index (χ1) is 16.6. The Morgan fingerprint density at radius 3 is 2.65 bits per heavy atom.